The van der Waals surface area contributed by atoms with Crippen molar-refractivity contribution in [3.05, 3.63) is 35.4 Å². The molecular weight excluding hydrogens is 309 g/mol. The van der Waals surface area contributed by atoms with Crippen LogP contribution in [-0.4, -0.2) is 34.1 Å². The molecule has 0 bridgehead atoms. The van der Waals surface area contributed by atoms with Gasteiger partial charge in [-0.2, -0.15) is 13.2 Å². The molecule has 1 aromatic rings. The van der Waals surface area contributed by atoms with Gasteiger partial charge < -0.3 is 10.2 Å². The van der Waals surface area contributed by atoms with Gasteiger partial charge in [-0.1, -0.05) is 12.1 Å². The molecule has 0 aromatic heterocycles. The number of benzene rings is 1. The standard InChI is InChI=1S/C12H11F3N2O5/c13-12(14,15)7-4-2-1-3-6(7)10(20)17-16-8(11(21)22)5-9(18)19/h1-4,8,16H,5H2,(H,17,20)(H,18,19)(H,21,22)/t8-/m0/s1. The number of aliphatic carboxylic acids is 2. The number of hydrogen-bond acceptors (Lipinski definition) is 4. The number of carboxylic acid groups (broad SMARTS) is 2. The van der Waals surface area contributed by atoms with E-state index in [9.17, 15) is 27.6 Å². The molecule has 1 aromatic carbocycles. The highest BCUT2D eigenvalue weighted by molar-refractivity contribution is 5.95. The van der Waals surface area contributed by atoms with Crippen LogP contribution < -0.4 is 10.9 Å². The molecule has 0 saturated heterocycles. The van der Waals surface area contributed by atoms with E-state index in [0.717, 1.165) is 12.1 Å². The summed E-state index contributed by atoms with van der Waals surface area (Å²) in [4.78, 5) is 32.9. The summed E-state index contributed by atoms with van der Waals surface area (Å²) >= 11 is 0. The highest BCUT2D eigenvalue weighted by Crippen LogP contribution is 2.31. The molecular formula is C12H11F3N2O5. The van der Waals surface area contributed by atoms with Crippen LogP contribution in [0.25, 0.3) is 0 Å². The summed E-state index contributed by atoms with van der Waals surface area (Å²) in [7, 11) is 0. The molecule has 0 unspecified atom stereocenters. The zero-order valence-electron chi connectivity index (χ0n) is 10.8. The Morgan fingerprint density at radius 1 is 1.14 bits per heavy atom. The van der Waals surface area contributed by atoms with E-state index in [1.807, 2.05) is 5.43 Å². The normalized spacial score (nSPS) is 12.5. The van der Waals surface area contributed by atoms with Crippen molar-refractivity contribution in [3.63, 3.8) is 0 Å². The van der Waals surface area contributed by atoms with Crippen LogP contribution in [0.4, 0.5) is 13.2 Å². The Morgan fingerprint density at radius 2 is 1.73 bits per heavy atom. The van der Waals surface area contributed by atoms with Gasteiger partial charge in [0.05, 0.1) is 17.5 Å². The van der Waals surface area contributed by atoms with Crippen molar-refractivity contribution in [2.24, 2.45) is 0 Å². The Hall–Kier alpha value is -2.62. The highest BCUT2D eigenvalue weighted by Gasteiger charge is 2.35. The molecule has 4 N–H and O–H groups in total. The first-order valence-electron chi connectivity index (χ1n) is 5.79. The quantitative estimate of drug-likeness (QED) is 0.578. The molecule has 22 heavy (non-hydrogen) atoms. The third kappa shape index (κ3) is 4.74. The molecule has 120 valence electrons. The number of alkyl halides is 3. The Kier molecular flexibility index (Phi) is 5.46. The number of rotatable bonds is 6. The largest absolute Gasteiger partial charge is 0.481 e. The average Bonchev–Trinajstić information content (AvgIpc) is 2.41. The van der Waals surface area contributed by atoms with E-state index in [2.05, 4.69) is 0 Å². The maximum Gasteiger partial charge on any atom is 0.417 e. The third-order valence-corrected chi connectivity index (χ3v) is 2.51. The van der Waals surface area contributed by atoms with E-state index < -0.39 is 47.6 Å². The monoisotopic (exact) mass is 320 g/mol. The van der Waals surface area contributed by atoms with Crippen molar-refractivity contribution in [2.75, 3.05) is 0 Å². The van der Waals surface area contributed by atoms with E-state index >= 15 is 0 Å². The second-order valence-electron chi connectivity index (χ2n) is 4.13. The predicted molar refractivity (Wildman–Crippen MR) is 65.7 cm³/mol. The van der Waals surface area contributed by atoms with Crippen LogP contribution in [0.3, 0.4) is 0 Å². The summed E-state index contributed by atoms with van der Waals surface area (Å²) in [5.41, 5.74) is 1.73. The van der Waals surface area contributed by atoms with Gasteiger partial charge in [0.2, 0.25) is 0 Å². The van der Waals surface area contributed by atoms with Crippen LogP contribution in [0, 0.1) is 0 Å². The van der Waals surface area contributed by atoms with Crippen molar-refractivity contribution >= 4 is 17.8 Å². The highest BCUT2D eigenvalue weighted by atomic mass is 19.4. The summed E-state index contributed by atoms with van der Waals surface area (Å²) in [6.45, 7) is 0. The molecule has 0 aliphatic carbocycles. The molecule has 0 spiro atoms. The van der Waals surface area contributed by atoms with Gasteiger partial charge in [0.25, 0.3) is 5.91 Å². The molecule has 10 heteroatoms. The van der Waals surface area contributed by atoms with Crippen LogP contribution in [-0.2, 0) is 15.8 Å². The number of hydrazine groups is 1. The van der Waals surface area contributed by atoms with E-state index in [1.54, 1.807) is 5.43 Å². The maximum absolute atomic E-state index is 12.7. The van der Waals surface area contributed by atoms with E-state index in [0.29, 0.717) is 6.07 Å². The molecule has 0 fully saturated rings. The average molecular weight is 320 g/mol. The van der Waals surface area contributed by atoms with Crippen molar-refractivity contribution in [2.45, 2.75) is 18.6 Å². The Balaban J connectivity index is 2.86. The molecule has 0 saturated carbocycles. The topological polar surface area (TPSA) is 116 Å². The van der Waals surface area contributed by atoms with Gasteiger partial charge >= 0.3 is 18.1 Å². The number of carboxylic acids is 2. The number of nitrogens with one attached hydrogen (secondary N) is 2. The van der Waals surface area contributed by atoms with Gasteiger partial charge in [0, 0.05) is 0 Å². The summed E-state index contributed by atoms with van der Waals surface area (Å²) in [5.74, 6) is -4.26. The first-order chi connectivity index (χ1) is 10.1. The Labute approximate surface area is 121 Å². The Morgan fingerprint density at radius 3 is 2.23 bits per heavy atom. The van der Waals surface area contributed by atoms with E-state index in [-0.39, 0.29) is 0 Å². The van der Waals surface area contributed by atoms with Crippen LogP contribution >= 0.6 is 0 Å². The van der Waals surface area contributed by atoms with Gasteiger partial charge in [-0.05, 0) is 12.1 Å². The molecule has 0 aliphatic heterocycles. The summed E-state index contributed by atoms with van der Waals surface area (Å²) in [6.07, 6.45) is -5.63. The van der Waals surface area contributed by atoms with Gasteiger partial charge in [0.15, 0.2) is 0 Å². The molecule has 7 nitrogen and oxygen atoms in total. The van der Waals surface area contributed by atoms with E-state index in [1.165, 1.54) is 6.07 Å². The minimum absolute atomic E-state index is 0.695. The smallest absolute Gasteiger partial charge is 0.417 e. The van der Waals surface area contributed by atoms with Crippen LogP contribution in [0.5, 0.6) is 0 Å². The molecule has 1 amide bonds. The fourth-order valence-electron chi connectivity index (χ4n) is 1.52. The number of carbonyl (C=O) groups excluding carboxylic acids is 1. The fourth-order valence-corrected chi connectivity index (χ4v) is 1.52. The molecule has 1 atom stereocenters. The number of amides is 1. The molecule has 0 heterocycles. The summed E-state index contributed by atoms with van der Waals surface area (Å²) < 4.78 is 38.2. The van der Waals surface area contributed by atoms with Gasteiger partial charge in [-0.15, -0.1) is 0 Å². The van der Waals surface area contributed by atoms with Crippen molar-refractivity contribution in [3.8, 4) is 0 Å². The zero-order chi connectivity index (χ0) is 16.9. The minimum Gasteiger partial charge on any atom is -0.481 e. The maximum atomic E-state index is 12.7. The van der Waals surface area contributed by atoms with Crippen molar-refractivity contribution in [1.29, 1.82) is 0 Å². The fraction of sp³-hybridized carbons (Fsp3) is 0.250. The second-order valence-corrected chi connectivity index (χ2v) is 4.13. The van der Waals surface area contributed by atoms with Crippen LogP contribution in [0.1, 0.15) is 22.3 Å². The van der Waals surface area contributed by atoms with Gasteiger partial charge in [-0.25, -0.2) is 5.43 Å². The number of halogens is 3. The van der Waals surface area contributed by atoms with Crippen molar-refractivity contribution < 1.29 is 37.8 Å². The lowest BCUT2D eigenvalue weighted by Gasteiger charge is -2.15. The molecule has 0 aliphatic rings. The number of hydrogen-bond donors (Lipinski definition) is 4. The lowest BCUT2D eigenvalue weighted by Crippen LogP contribution is -2.49. The van der Waals surface area contributed by atoms with Crippen LogP contribution in [0.15, 0.2) is 24.3 Å². The van der Waals surface area contributed by atoms with E-state index in [4.69, 9.17) is 10.2 Å². The zero-order valence-corrected chi connectivity index (χ0v) is 10.8. The third-order valence-electron chi connectivity index (χ3n) is 2.51. The number of carbonyl (C=O) groups is 3. The first kappa shape index (κ1) is 17.4. The van der Waals surface area contributed by atoms with Crippen molar-refractivity contribution in [1.82, 2.24) is 10.9 Å². The SMILES string of the molecule is O=C(O)C[C@H](NNC(=O)c1ccccc1C(F)(F)F)C(=O)O. The van der Waals surface area contributed by atoms with Gasteiger partial charge in [-0.3, -0.25) is 19.8 Å². The summed E-state index contributed by atoms with van der Waals surface area (Å²) in [6, 6.07) is 2.22. The first-order valence-corrected chi connectivity index (χ1v) is 5.79. The lowest BCUT2D eigenvalue weighted by atomic mass is 10.1. The van der Waals surface area contributed by atoms with Gasteiger partial charge in [0.1, 0.15) is 6.04 Å². The predicted octanol–water partition coefficient (Wildman–Crippen LogP) is 0.868. The summed E-state index contributed by atoms with van der Waals surface area (Å²) in [5, 5.41) is 17.2. The minimum atomic E-state index is -4.76. The Bertz CT molecular complexity index is 588. The molecule has 0 radical (unpaired) electrons. The van der Waals surface area contributed by atoms with Crippen LogP contribution in [0.2, 0.25) is 0 Å². The second kappa shape index (κ2) is 6.89. The lowest BCUT2D eigenvalue weighted by molar-refractivity contribution is -0.146. The molecule has 1 rings (SSSR count).